The van der Waals surface area contributed by atoms with E-state index in [4.69, 9.17) is 4.98 Å². The predicted octanol–water partition coefficient (Wildman–Crippen LogP) is 4.96. The Bertz CT molecular complexity index is 1240. The first-order valence-electron chi connectivity index (χ1n) is 10.1. The average Bonchev–Trinajstić information content (AvgIpc) is 3.58. The maximum atomic E-state index is 12.1. The minimum absolute atomic E-state index is 0.117. The van der Waals surface area contributed by atoms with Gasteiger partial charge in [-0.2, -0.15) is 0 Å². The number of amides is 1. The highest BCUT2D eigenvalue weighted by Gasteiger charge is 2.27. The van der Waals surface area contributed by atoms with E-state index in [1.165, 1.54) is 29.2 Å². The van der Waals surface area contributed by atoms with Gasteiger partial charge in [-0.3, -0.25) is 9.78 Å². The fourth-order valence-electron chi connectivity index (χ4n) is 3.96. The number of pyridine rings is 2. The van der Waals surface area contributed by atoms with Crippen molar-refractivity contribution in [1.82, 2.24) is 14.9 Å². The monoisotopic (exact) mass is 381 g/mol. The molecule has 0 unspecified atom stereocenters. The Morgan fingerprint density at radius 2 is 1.93 bits per heavy atom. The van der Waals surface area contributed by atoms with Crippen LogP contribution in [0, 0.1) is 0 Å². The van der Waals surface area contributed by atoms with Crippen molar-refractivity contribution in [3.63, 3.8) is 0 Å². The highest BCUT2D eigenvalue weighted by molar-refractivity contribution is 5.97. The van der Waals surface area contributed by atoms with Crippen LogP contribution in [0.1, 0.15) is 29.9 Å². The Kier molecular flexibility index (Phi) is 4.27. The van der Waals surface area contributed by atoms with Crippen molar-refractivity contribution in [1.29, 1.82) is 0 Å². The third kappa shape index (κ3) is 3.35. The molecule has 0 atom stereocenters. The highest BCUT2D eigenvalue weighted by atomic mass is 16.2. The fourth-order valence-corrected chi connectivity index (χ4v) is 3.96. The lowest BCUT2D eigenvalue weighted by Crippen LogP contribution is -2.23. The van der Waals surface area contributed by atoms with E-state index in [0.29, 0.717) is 12.3 Å². The molecule has 5 rings (SSSR count). The number of carbonyl (C=O) groups is 1. The number of hydrogen-bond acceptors (Lipinski definition) is 3. The van der Waals surface area contributed by atoms with E-state index in [1.807, 2.05) is 18.5 Å². The molecule has 144 valence electrons. The number of rotatable bonds is 4. The van der Waals surface area contributed by atoms with Crippen molar-refractivity contribution in [3.8, 4) is 11.3 Å². The number of fused-ring (bicyclic) bond motifs is 2. The van der Waals surface area contributed by atoms with Crippen LogP contribution in [0.5, 0.6) is 0 Å². The molecule has 0 saturated heterocycles. The number of hydrogen-bond donors (Lipinski definition) is 0. The van der Waals surface area contributed by atoms with E-state index >= 15 is 0 Å². The van der Waals surface area contributed by atoms with Gasteiger partial charge in [-0.25, -0.2) is 4.98 Å². The van der Waals surface area contributed by atoms with Crippen LogP contribution >= 0.6 is 0 Å². The molecule has 0 N–H and O–H groups in total. The molecule has 0 aliphatic heterocycles. The topological polar surface area (TPSA) is 46.1 Å². The van der Waals surface area contributed by atoms with E-state index in [-0.39, 0.29) is 5.91 Å². The summed E-state index contributed by atoms with van der Waals surface area (Å²) in [5, 5.41) is 3.48. The Hall–Kier alpha value is -3.27. The van der Waals surface area contributed by atoms with Crippen LogP contribution in [0.15, 0.2) is 60.9 Å². The van der Waals surface area contributed by atoms with E-state index in [1.54, 1.807) is 19.0 Å². The molecule has 2 aromatic carbocycles. The summed E-state index contributed by atoms with van der Waals surface area (Å²) in [5.41, 5.74) is 5.55. The van der Waals surface area contributed by atoms with E-state index in [2.05, 4.69) is 47.4 Å². The largest absolute Gasteiger partial charge is 0.349 e. The van der Waals surface area contributed by atoms with Crippen molar-refractivity contribution in [2.75, 3.05) is 14.1 Å². The van der Waals surface area contributed by atoms with Crippen molar-refractivity contribution >= 4 is 27.6 Å². The van der Waals surface area contributed by atoms with Crippen LogP contribution in [0.25, 0.3) is 32.9 Å². The van der Waals surface area contributed by atoms with Crippen molar-refractivity contribution in [2.45, 2.75) is 25.2 Å². The molecule has 0 radical (unpaired) electrons. The first kappa shape index (κ1) is 17.8. The lowest BCUT2D eigenvalue weighted by atomic mass is 9.97. The Balaban J connectivity index is 1.66. The summed E-state index contributed by atoms with van der Waals surface area (Å²) in [5.74, 6) is 0.710. The van der Waals surface area contributed by atoms with Crippen LogP contribution in [0.4, 0.5) is 0 Å². The molecule has 2 heterocycles. The third-order valence-corrected chi connectivity index (χ3v) is 5.73. The smallest absolute Gasteiger partial charge is 0.226 e. The molecule has 29 heavy (non-hydrogen) atoms. The molecule has 1 amide bonds. The molecule has 4 nitrogen and oxygen atoms in total. The van der Waals surface area contributed by atoms with Gasteiger partial charge in [0, 0.05) is 42.8 Å². The second-order valence-electron chi connectivity index (χ2n) is 8.09. The maximum Gasteiger partial charge on any atom is 0.226 e. The standard InChI is InChI=1S/C25H23N3O/c1-28(2)25(29)13-16-6-9-23-22(12-16)21(17-7-8-17)14-24(27-23)20-5-3-4-18-15-26-11-10-19(18)20/h3-6,9-12,14-15,17H,7-8,13H2,1-2H3. The molecule has 2 aromatic heterocycles. The van der Waals surface area contributed by atoms with Crippen LogP contribution in [0.2, 0.25) is 0 Å². The zero-order valence-corrected chi connectivity index (χ0v) is 16.7. The Morgan fingerprint density at radius 1 is 1.07 bits per heavy atom. The quantitative estimate of drug-likeness (QED) is 0.502. The molecule has 1 aliphatic carbocycles. The molecule has 1 aliphatic rings. The minimum atomic E-state index is 0.117. The second kappa shape index (κ2) is 6.96. The summed E-state index contributed by atoms with van der Waals surface area (Å²) in [6, 6.07) is 16.9. The SMILES string of the molecule is CN(C)C(=O)Cc1ccc2nc(-c3cccc4cnccc34)cc(C3CC3)c2c1. The van der Waals surface area contributed by atoms with Gasteiger partial charge in [0.25, 0.3) is 0 Å². The van der Waals surface area contributed by atoms with Gasteiger partial charge in [0.05, 0.1) is 17.6 Å². The summed E-state index contributed by atoms with van der Waals surface area (Å²) in [6.45, 7) is 0. The first-order valence-corrected chi connectivity index (χ1v) is 10.1. The number of likely N-dealkylation sites (N-methyl/N-ethyl adjacent to an activating group) is 1. The van der Waals surface area contributed by atoms with Crippen LogP contribution < -0.4 is 0 Å². The van der Waals surface area contributed by atoms with E-state index in [0.717, 1.165) is 27.7 Å². The van der Waals surface area contributed by atoms with Crippen LogP contribution in [0.3, 0.4) is 0 Å². The van der Waals surface area contributed by atoms with Gasteiger partial charge in [0.1, 0.15) is 0 Å². The van der Waals surface area contributed by atoms with Crippen molar-refractivity contribution < 1.29 is 4.79 Å². The first-order chi connectivity index (χ1) is 14.1. The molecule has 4 aromatic rings. The maximum absolute atomic E-state index is 12.1. The molecule has 0 spiro atoms. The fraction of sp³-hybridized carbons (Fsp3) is 0.240. The number of aromatic nitrogens is 2. The van der Waals surface area contributed by atoms with Gasteiger partial charge in [-0.05, 0) is 59.5 Å². The van der Waals surface area contributed by atoms with Crippen LogP contribution in [-0.4, -0.2) is 34.9 Å². The van der Waals surface area contributed by atoms with Crippen molar-refractivity contribution in [2.24, 2.45) is 0 Å². The summed E-state index contributed by atoms with van der Waals surface area (Å²) < 4.78 is 0. The number of benzene rings is 2. The zero-order valence-electron chi connectivity index (χ0n) is 16.7. The highest BCUT2D eigenvalue weighted by Crippen LogP contribution is 2.44. The lowest BCUT2D eigenvalue weighted by Gasteiger charge is -2.13. The van der Waals surface area contributed by atoms with Gasteiger partial charge in [-0.15, -0.1) is 0 Å². The lowest BCUT2D eigenvalue weighted by molar-refractivity contribution is -0.127. The Labute approximate surface area is 170 Å². The molecule has 1 saturated carbocycles. The number of nitrogens with zero attached hydrogens (tertiary/aromatic N) is 3. The van der Waals surface area contributed by atoms with Crippen LogP contribution in [-0.2, 0) is 11.2 Å². The molecule has 1 fully saturated rings. The predicted molar refractivity (Wildman–Crippen MR) is 117 cm³/mol. The zero-order chi connectivity index (χ0) is 20.0. The normalized spacial score (nSPS) is 13.7. The third-order valence-electron chi connectivity index (χ3n) is 5.73. The van der Waals surface area contributed by atoms with Gasteiger partial charge >= 0.3 is 0 Å². The minimum Gasteiger partial charge on any atom is -0.349 e. The van der Waals surface area contributed by atoms with E-state index in [9.17, 15) is 4.79 Å². The average molecular weight is 381 g/mol. The van der Waals surface area contributed by atoms with Gasteiger partial charge < -0.3 is 4.90 Å². The Morgan fingerprint density at radius 3 is 2.72 bits per heavy atom. The summed E-state index contributed by atoms with van der Waals surface area (Å²) in [7, 11) is 3.60. The van der Waals surface area contributed by atoms with Gasteiger partial charge in [0.2, 0.25) is 5.91 Å². The molecule has 0 bridgehead atoms. The molecule has 4 heteroatoms. The van der Waals surface area contributed by atoms with Gasteiger partial charge in [0.15, 0.2) is 0 Å². The molecular formula is C25H23N3O. The van der Waals surface area contributed by atoms with Gasteiger partial charge in [-0.1, -0.05) is 24.3 Å². The van der Waals surface area contributed by atoms with Crippen molar-refractivity contribution in [3.05, 3.63) is 72.1 Å². The van der Waals surface area contributed by atoms with E-state index < -0.39 is 0 Å². The summed E-state index contributed by atoms with van der Waals surface area (Å²) in [4.78, 5) is 23.0. The summed E-state index contributed by atoms with van der Waals surface area (Å²) in [6.07, 6.45) is 6.60. The number of carbonyl (C=O) groups excluding carboxylic acids is 1. The second-order valence-corrected chi connectivity index (χ2v) is 8.09. The molecular weight excluding hydrogens is 358 g/mol. The summed E-state index contributed by atoms with van der Waals surface area (Å²) >= 11 is 0.